The Hall–Kier alpha value is -3.51. The number of carbonyl (C=O) groups is 2. The van der Waals surface area contributed by atoms with Gasteiger partial charge in [-0.1, -0.05) is 61.2 Å². The van der Waals surface area contributed by atoms with Crippen LogP contribution in [-0.4, -0.2) is 31.0 Å². The SMILES string of the molecule is O=C(CNc1ccc(Cl)c(C(=O)NC2CCCCC2)c1)Nc1ccc(OCCc2ccccc2)cc1. The Morgan fingerprint density at radius 1 is 0.889 bits per heavy atom. The molecule has 0 aliphatic heterocycles. The Bertz CT molecular complexity index is 1150. The fraction of sp³-hybridized carbons (Fsp3) is 0.310. The van der Waals surface area contributed by atoms with Crippen molar-refractivity contribution in [3.63, 3.8) is 0 Å². The van der Waals surface area contributed by atoms with Gasteiger partial charge in [-0.2, -0.15) is 0 Å². The first-order chi connectivity index (χ1) is 17.6. The second-order valence-electron chi connectivity index (χ2n) is 9.01. The third-order valence-corrected chi connectivity index (χ3v) is 6.57. The second-order valence-corrected chi connectivity index (χ2v) is 9.42. The molecule has 3 aromatic carbocycles. The molecule has 0 bridgehead atoms. The van der Waals surface area contributed by atoms with E-state index in [1.165, 1.54) is 12.0 Å². The van der Waals surface area contributed by atoms with Crippen LogP contribution < -0.4 is 20.7 Å². The maximum atomic E-state index is 12.7. The number of rotatable bonds is 10. The number of hydrogen-bond acceptors (Lipinski definition) is 4. The average molecular weight is 506 g/mol. The van der Waals surface area contributed by atoms with Crippen LogP contribution in [0.3, 0.4) is 0 Å². The van der Waals surface area contributed by atoms with E-state index in [-0.39, 0.29) is 24.4 Å². The van der Waals surface area contributed by atoms with E-state index in [9.17, 15) is 9.59 Å². The molecule has 6 nitrogen and oxygen atoms in total. The van der Waals surface area contributed by atoms with Gasteiger partial charge in [-0.05, 0) is 60.9 Å². The monoisotopic (exact) mass is 505 g/mol. The molecule has 36 heavy (non-hydrogen) atoms. The van der Waals surface area contributed by atoms with E-state index in [1.807, 2.05) is 42.5 Å². The van der Waals surface area contributed by atoms with Gasteiger partial charge in [0.2, 0.25) is 5.91 Å². The summed E-state index contributed by atoms with van der Waals surface area (Å²) in [4.78, 5) is 25.2. The molecule has 7 heteroatoms. The molecule has 1 aliphatic carbocycles. The Kier molecular flexibility index (Phi) is 9.22. The highest BCUT2D eigenvalue weighted by atomic mass is 35.5. The molecule has 0 heterocycles. The lowest BCUT2D eigenvalue weighted by Gasteiger charge is -2.23. The molecule has 188 valence electrons. The van der Waals surface area contributed by atoms with E-state index in [0.29, 0.717) is 28.6 Å². The summed E-state index contributed by atoms with van der Waals surface area (Å²) in [5.74, 6) is 0.379. The molecule has 0 aromatic heterocycles. The largest absolute Gasteiger partial charge is 0.493 e. The Morgan fingerprint density at radius 2 is 1.61 bits per heavy atom. The minimum atomic E-state index is -0.198. The van der Waals surface area contributed by atoms with E-state index < -0.39 is 0 Å². The van der Waals surface area contributed by atoms with Gasteiger partial charge in [-0.15, -0.1) is 0 Å². The summed E-state index contributed by atoms with van der Waals surface area (Å²) in [6, 6.07) is 22.8. The van der Waals surface area contributed by atoms with Crippen molar-refractivity contribution in [3.8, 4) is 5.75 Å². The maximum Gasteiger partial charge on any atom is 0.253 e. The molecule has 0 spiro atoms. The first kappa shape index (κ1) is 25.6. The van der Waals surface area contributed by atoms with Crippen LogP contribution in [0.15, 0.2) is 72.8 Å². The molecule has 4 rings (SSSR count). The number of halogens is 1. The van der Waals surface area contributed by atoms with Crippen LogP contribution >= 0.6 is 11.6 Å². The summed E-state index contributed by atoms with van der Waals surface area (Å²) >= 11 is 6.28. The van der Waals surface area contributed by atoms with Crippen LogP contribution in [-0.2, 0) is 11.2 Å². The zero-order valence-corrected chi connectivity index (χ0v) is 21.0. The van der Waals surface area contributed by atoms with Gasteiger partial charge in [0.1, 0.15) is 5.75 Å². The minimum Gasteiger partial charge on any atom is -0.493 e. The van der Waals surface area contributed by atoms with Crippen molar-refractivity contribution in [1.82, 2.24) is 5.32 Å². The molecule has 3 N–H and O–H groups in total. The van der Waals surface area contributed by atoms with E-state index in [4.69, 9.17) is 16.3 Å². The number of hydrogen-bond donors (Lipinski definition) is 3. The smallest absolute Gasteiger partial charge is 0.253 e. The lowest BCUT2D eigenvalue weighted by atomic mass is 9.95. The first-order valence-electron chi connectivity index (χ1n) is 12.5. The summed E-state index contributed by atoms with van der Waals surface area (Å²) in [6.07, 6.45) is 6.34. The van der Waals surface area contributed by atoms with Crippen molar-refractivity contribution < 1.29 is 14.3 Å². The van der Waals surface area contributed by atoms with Gasteiger partial charge in [0.25, 0.3) is 5.91 Å². The van der Waals surface area contributed by atoms with Crippen LogP contribution in [0.2, 0.25) is 5.02 Å². The highest BCUT2D eigenvalue weighted by molar-refractivity contribution is 6.34. The fourth-order valence-corrected chi connectivity index (χ4v) is 4.48. The predicted octanol–water partition coefficient (Wildman–Crippen LogP) is 6.07. The van der Waals surface area contributed by atoms with E-state index >= 15 is 0 Å². The van der Waals surface area contributed by atoms with Crippen molar-refractivity contribution in [2.24, 2.45) is 0 Å². The lowest BCUT2D eigenvalue weighted by molar-refractivity contribution is -0.114. The Balaban J connectivity index is 1.23. The van der Waals surface area contributed by atoms with Crippen molar-refractivity contribution in [3.05, 3.63) is 88.9 Å². The third-order valence-electron chi connectivity index (χ3n) is 6.24. The van der Waals surface area contributed by atoms with E-state index in [2.05, 4.69) is 28.1 Å². The average Bonchev–Trinajstić information content (AvgIpc) is 2.90. The second kappa shape index (κ2) is 13.0. The molecule has 1 saturated carbocycles. The lowest BCUT2D eigenvalue weighted by Crippen LogP contribution is -2.36. The van der Waals surface area contributed by atoms with Crippen molar-refractivity contribution in [1.29, 1.82) is 0 Å². The highest BCUT2D eigenvalue weighted by Gasteiger charge is 2.18. The standard InChI is InChI=1S/C29H32ClN3O3/c30-27-16-13-24(19-26(27)29(35)33-22-9-5-2-6-10-22)31-20-28(34)32-23-11-14-25(15-12-23)36-18-17-21-7-3-1-4-8-21/h1,3-4,7-8,11-16,19,22,31H,2,5-6,9-10,17-18,20H2,(H,32,34)(H,33,35). The quantitative estimate of drug-likeness (QED) is 0.312. The highest BCUT2D eigenvalue weighted by Crippen LogP contribution is 2.23. The van der Waals surface area contributed by atoms with Gasteiger partial charge in [0.05, 0.1) is 23.7 Å². The first-order valence-corrected chi connectivity index (χ1v) is 12.9. The van der Waals surface area contributed by atoms with Crippen molar-refractivity contribution >= 4 is 34.8 Å². The Labute approximate surface area is 217 Å². The van der Waals surface area contributed by atoms with Crippen LogP contribution in [0.1, 0.15) is 48.0 Å². The molecule has 2 amide bonds. The van der Waals surface area contributed by atoms with Crippen LogP contribution in [0, 0.1) is 0 Å². The number of benzene rings is 3. The summed E-state index contributed by atoms with van der Waals surface area (Å²) in [7, 11) is 0. The number of anilines is 2. The molecule has 3 aromatic rings. The summed E-state index contributed by atoms with van der Waals surface area (Å²) in [6.45, 7) is 0.641. The predicted molar refractivity (Wildman–Crippen MR) is 145 cm³/mol. The van der Waals surface area contributed by atoms with E-state index in [0.717, 1.165) is 37.9 Å². The molecule has 1 fully saturated rings. The Morgan fingerprint density at radius 3 is 2.36 bits per heavy atom. The number of nitrogens with one attached hydrogen (secondary N) is 3. The van der Waals surface area contributed by atoms with Gasteiger partial charge in [-0.25, -0.2) is 0 Å². The van der Waals surface area contributed by atoms with Crippen molar-refractivity contribution in [2.45, 2.75) is 44.6 Å². The number of ether oxygens (including phenoxy) is 1. The van der Waals surface area contributed by atoms with Gasteiger partial charge >= 0.3 is 0 Å². The minimum absolute atomic E-state index is 0.0562. The van der Waals surface area contributed by atoms with Gasteiger partial charge in [-0.3, -0.25) is 9.59 Å². The molecule has 0 saturated heterocycles. The number of amides is 2. The summed E-state index contributed by atoms with van der Waals surface area (Å²) < 4.78 is 5.79. The third kappa shape index (κ3) is 7.75. The fourth-order valence-electron chi connectivity index (χ4n) is 4.27. The normalized spacial score (nSPS) is 13.6. The van der Waals surface area contributed by atoms with Crippen LogP contribution in [0.5, 0.6) is 5.75 Å². The maximum absolute atomic E-state index is 12.7. The molecule has 0 atom stereocenters. The zero-order valence-electron chi connectivity index (χ0n) is 20.3. The molecular formula is C29H32ClN3O3. The van der Waals surface area contributed by atoms with E-state index in [1.54, 1.807) is 18.2 Å². The summed E-state index contributed by atoms with van der Waals surface area (Å²) in [5, 5.41) is 9.41. The van der Waals surface area contributed by atoms with Gasteiger partial charge in [0, 0.05) is 23.8 Å². The zero-order chi connectivity index (χ0) is 25.2. The molecule has 1 aliphatic rings. The summed E-state index contributed by atoms with van der Waals surface area (Å²) in [5.41, 5.74) is 2.98. The van der Waals surface area contributed by atoms with Gasteiger partial charge < -0.3 is 20.7 Å². The topological polar surface area (TPSA) is 79.5 Å². The molecule has 0 unspecified atom stereocenters. The van der Waals surface area contributed by atoms with Gasteiger partial charge in [0.15, 0.2) is 0 Å². The molecule has 0 radical (unpaired) electrons. The number of carbonyl (C=O) groups excluding carboxylic acids is 2. The van der Waals surface area contributed by atoms with Crippen molar-refractivity contribution in [2.75, 3.05) is 23.8 Å². The van der Waals surface area contributed by atoms with Crippen LogP contribution in [0.4, 0.5) is 11.4 Å². The van der Waals surface area contributed by atoms with Crippen LogP contribution in [0.25, 0.3) is 0 Å². The molecular weight excluding hydrogens is 474 g/mol.